The van der Waals surface area contributed by atoms with Gasteiger partial charge in [0.2, 0.25) is 15.9 Å². The van der Waals surface area contributed by atoms with Crippen LogP contribution in [0.3, 0.4) is 0 Å². The van der Waals surface area contributed by atoms with E-state index in [4.69, 9.17) is 0 Å². The molecule has 29 heavy (non-hydrogen) atoms. The average Bonchev–Trinajstić information content (AvgIpc) is 2.71. The van der Waals surface area contributed by atoms with Crippen molar-refractivity contribution in [2.75, 3.05) is 27.2 Å². The topological polar surface area (TPSA) is 69.7 Å². The Morgan fingerprint density at radius 2 is 1.69 bits per heavy atom. The van der Waals surface area contributed by atoms with Crippen molar-refractivity contribution in [3.63, 3.8) is 0 Å². The molecule has 1 fully saturated rings. The van der Waals surface area contributed by atoms with E-state index in [1.54, 1.807) is 23.1 Å². The first-order valence-electron chi connectivity index (χ1n) is 10.2. The number of carbonyl (C=O) groups excluding carboxylic acids is 1. The number of fused-ring (bicyclic) bond motifs is 1. The van der Waals surface area contributed by atoms with Crippen LogP contribution in [0, 0.1) is 5.92 Å². The van der Waals surface area contributed by atoms with Gasteiger partial charge in [0, 0.05) is 19.1 Å². The molecule has 2 aromatic rings. The van der Waals surface area contributed by atoms with Crippen LogP contribution in [0.5, 0.6) is 0 Å². The fourth-order valence-electron chi connectivity index (χ4n) is 3.84. The Balaban J connectivity index is 1.77. The molecule has 1 unspecified atom stereocenters. The van der Waals surface area contributed by atoms with Crippen molar-refractivity contribution < 1.29 is 13.2 Å². The first-order chi connectivity index (χ1) is 13.7. The lowest BCUT2D eigenvalue weighted by Gasteiger charge is -2.37. The van der Waals surface area contributed by atoms with E-state index in [1.165, 1.54) is 0 Å². The third kappa shape index (κ3) is 4.97. The molecule has 0 saturated carbocycles. The quantitative estimate of drug-likeness (QED) is 0.785. The van der Waals surface area contributed by atoms with Gasteiger partial charge < -0.3 is 9.80 Å². The predicted octanol–water partition coefficient (Wildman–Crippen LogP) is 2.70. The van der Waals surface area contributed by atoms with Gasteiger partial charge in [-0.15, -0.1) is 0 Å². The lowest BCUT2D eigenvalue weighted by atomic mass is 10.00. The molecule has 0 bridgehead atoms. The van der Waals surface area contributed by atoms with Crippen molar-refractivity contribution in [3.8, 4) is 0 Å². The number of likely N-dealkylation sites (tertiary alicyclic amines) is 1. The average molecular weight is 418 g/mol. The van der Waals surface area contributed by atoms with E-state index in [9.17, 15) is 13.2 Å². The minimum atomic E-state index is -3.81. The number of carbonyl (C=O) groups is 1. The van der Waals surface area contributed by atoms with Crippen LogP contribution in [0.2, 0.25) is 0 Å². The number of benzene rings is 2. The summed E-state index contributed by atoms with van der Waals surface area (Å²) in [5.74, 6) is -0.286. The highest BCUT2D eigenvalue weighted by atomic mass is 32.2. The molecule has 0 aromatic heterocycles. The maximum absolute atomic E-state index is 13.1. The molecule has 1 N–H and O–H groups in total. The fraction of sp³-hybridized carbons (Fsp3) is 0.500. The Labute approximate surface area is 173 Å². The maximum Gasteiger partial charge on any atom is 0.241 e. The summed E-state index contributed by atoms with van der Waals surface area (Å²) in [5.41, 5.74) is 0. The molecule has 2 aromatic carbocycles. The third-order valence-corrected chi connectivity index (χ3v) is 7.19. The van der Waals surface area contributed by atoms with Gasteiger partial charge >= 0.3 is 0 Å². The lowest BCUT2D eigenvalue weighted by molar-refractivity contribution is -0.135. The predicted molar refractivity (Wildman–Crippen MR) is 116 cm³/mol. The van der Waals surface area contributed by atoms with E-state index in [-0.39, 0.29) is 16.7 Å². The van der Waals surface area contributed by atoms with E-state index < -0.39 is 16.1 Å². The number of sulfonamides is 1. The molecular weight excluding hydrogens is 386 g/mol. The number of hydrogen-bond donors (Lipinski definition) is 1. The molecule has 1 aliphatic heterocycles. The smallest absolute Gasteiger partial charge is 0.241 e. The molecule has 1 heterocycles. The summed E-state index contributed by atoms with van der Waals surface area (Å²) in [6, 6.07) is 12.4. The van der Waals surface area contributed by atoms with Crippen LogP contribution in [0.15, 0.2) is 47.4 Å². The van der Waals surface area contributed by atoms with Crippen molar-refractivity contribution in [1.82, 2.24) is 14.5 Å². The van der Waals surface area contributed by atoms with Crippen molar-refractivity contribution in [2.24, 2.45) is 5.92 Å². The first-order valence-corrected chi connectivity index (χ1v) is 11.6. The van der Waals surface area contributed by atoms with Crippen molar-refractivity contribution in [2.45, 2.75) is 43.7 Å². The fourth-order valence-corrected chi connectivity index (χ4v) is 5.21. The van der Waals surface area contributed by atoms with Gasteiger partial charge in [-0.05, 0) is 55.8 Å². The number of rotatable bonds is 6. The molecule has 1 amide bonds. The molecule has 7 heteroatoms. The van der Waals surface area contributed by atoms with Crippen LogP contribution in [-0.2, 0) is 14.8 Å². The van der Waals surface area contributed by atoms with Gasteiger partial charge in [0.25, 0.3) is 0 Å². The summed E-state index contributed by atoms with van der Waals surface area (Å²) in [6.07, 6.45) is 1.81. The van der Waals surface area contributed by atoms with Crippen molar-refractivity contribution >= 4 is 26.7 Å². The lowest BCUT2D eigenvalue weighted by Crippen LogP contribution is -2.54. The number of hydrogen-bond acceptors (Lipinski definition) is 4. The summed E-state index contributed by atoms with van der Waals surface area (Å²) in [5, 5.41) is 1.83. The zero-order chi connectivity index (χ0) is 21.2. The van der Waals surface area contributed by atoms with Gasteiger partial charge in [-0.25, -0.2) is 8.42 Å². The molecule has 158 valence electrons. The van der Waals surface area contributed by atoms with Crippen LogP contribution in [0.25, 0.3) is 10.8 Å². The van der Waals surface area contributed by atoms with Gasteiger partial charge in [-0.3, -0.25) is 4.79 Å². The maximum atomic E-state index is 13.1. The number of amides is 1. The molecular formula is C22H31N3O3S. The molecule has 6 nitrogen and oxygen atoms in total. The Kier molecular flexibility index (Phi) is 6.61. The number of nitrogens with zero attached hydrogens (tertiary/aromatic N) is 2. The second-order valence-corrected chi connectivity index (χ2v) is 10.1. The second-order valence-electron chi connectivity index (χ2n) is 8.37. The van der Waals surface area contributed by atoms with Crippen molar-refractivity contribution in [1.29, 1.82) is 0 Å². The second kappa shape index (κ2) is 8.81. The molecule has 0 radical (unpaired) electrons. The third-order valence-electron chi connectivity index (χ3n) is 5.75. The highest BCUT2D eigenvalue weighted by Gasteiger charge is 2.33. The summed E-state index contributed by atoms with van der Waals surface area (Å²) in [4.78, 5) is 17.3. The van der Waals surface area contributed by atoms with Crippen LogP contribution >= 0.6 is 0 Å². The Morgan fingerprint density at radius 3 is 2.28 bits per heavy atom. The highest BCUT2D eigenvalue weighted by molar-refractivity contribution is 7.89. The van der Waals surface area contributed by atoms with Crippen LogP contribution in [0.1, 0.15) is 26.7 Å². The van der Waals surface area contributed by atoms with E-state index in [0.29, 0.717) is 19.1 Å². The highest BCUT2D eigenvalue weighted by Crippen LogP contribution is 2.21. The molecule has 0 spiro atoms. The largest absolute Gasteiger partial charge is 0.341 e. The molecule has 1 atom stereocenters. The zero-order valence-electron chi connectivity index (χ0n) is 17.6. The zero-order valence-corrected chi connectivity index (χ0v) is 18.4. The Hall–Kier alpha value is -1.96. The minimum absolute atomic E-state index is 0.137. The van der Waals surface area contributed by atoms with Gasteiger partial charge in [0.15, 0.2) is 0 Å². The van der Waals surface area contributed by atoms with E-state index >= 15 is 0 Å². The summed E-state index contributed by atoms with van der Waals surface area (Å²) < 4.78 is 28.7. The SMILES string of the molecule is CC(C)C(NS(=O)(=O)c1ccc2ccccc2c1)C(=O)N1CCC(N(C)C)CC1. The van der Waals surface area contributed by atoms with E-state index in [1.807, 2.05) is 38.1 Å². The monoisotopic (exact) mass is 417 g/mol. The van der Waals surface area contributed by atoms with E-state index in [0.717, 1.165) is 23.6 Å². The molecule has 0 aliphatic carbocycles. The normalized spacial score (nSPS) is 17.2. The molecule has 1 aliphatic rings. The van der Waals surface area contributed by atoms with Gasteiger partial charge in [-0.1, -0.05) is 44.2 Å². The summed E-state index contributed by atoms with van der Waals surface area (Å²) in [6.45, 7) is 5.06. The van der Waals surface area contributed by atoms with E-state index in [2.05, 4.69) is 23.7 Å². The van der Waals surface area contributed by atoms with Crippen LogP contribution in [0.4, 0.5) is 0 Å². The van der Waals surface area contributed by atoms with Crippen molar-refractivity contribution in [3.05, 3.63) is 42.5 Å². The van der Waals surface area contributed by atoms with Gasteiger partial charge in [0.1, 0.15) is 6.04 Å². The first kappa shape index (κ1) is 21.7. The summed E-state index contributed by atoms with van der Waals surface area (Å²) in [7, 11) is 0.295. The minimum Gasteiger partial charge on any atom is -0.341 e. The molecule has 3 rings (SSSR count). The number of nitrogens with one attached hydrogen (secondary N) is 1. The Bertz CT molecular complexity index is 964. The van der Waals surface area contributed by atoms with Crippen LogP contribution < -0.4 is 4.72 Å². The summed E-state index contributed by atoms with van der Waals surface area (Å²) >= 11 is 0. The van der Waals surface area contributed by atoms with Gasteiger partial charge in [0.05, 0.1) is 4.90 Å². The molecule has 1 saturated heterocycles. The standard InChI is InChI=1S/C22H31N3O3S/c1-16(2)21(22(26)25-13-11-19(12-14-25)24(3)4)23-29(27,28)20-10-9-17-7-5-6-8-18(17)15-20/h5-10,15-16,19,21,23H,11-14H2,1-4H3. The van der Waals surface area contributed by atoms with Gasteiger partial charge in [-0.2, -0.15) is 4.72 Å². The number of piperidine rings is 1. The van der Waals surface area contributed by atoms with Crippen LogP contribution in [-0.4, -0.2) is 63.4 Å². The Morgan fingerprint density at radius 1 is 1.07 bits per heavy atom.